The van der Waals surface area contributed by atoms with E-state index in [1.807, 2.05) is 0 Å². The van der Waals surface area contributed by atoms with Crippen LogP contribution in [-0.2, 0) is 0 Å². The molecular weight excluding hydrogens is 222 g/mol. The summed E-state index contributed by atoms with van der Waals surface area (Å²) in [6.45, 7) is 7.72. The Balaban J connectivity index is 2.91. The van der Waals surface area contributed by atoms with Crippen LogP contribution in [-0.4, -0.2) is 24.0 Å². The Hall–Kier alpha value is -1.37. The number of aryl methyl sites for hydroxylation is 1. The molecule has 0 bridgehead atoms. The van der Waals surface area contributed by atoms with Gasteiger partial charge in [-0.25, -0.2) is 0 Å². The molecule has 3 heteroatoms. The second kappa shape index (κ2) is 7.15. The third kappa shape index (κ3) is 3.83. The van der Waals surface area contributed by atoms with E-state index in [0.29, 0.717) is 19.0 Å². The molecule has 0 aliphatic carbocycles. The molecule has 0 heterocycles. The Labute approximate surface area is 110 Å². The van der Waals surface area contributed by atoms with Gasteiger partial charge < -0.3 is 5.73 Å². The highest BCUT2D eigenvalue weighted by Crippen LogP contribution is 2.22. The number of rotatable bonds is 6. The highest BCUT2D eigenvalue weighted by atomic mass is 15.2. The lowest BCUT2D eigenvalue weighted by atomic mass is 10.0. The normalized spacial score (nSPS) is 12.7. The van der Waals surface area contributed by atoms with Crippen molar-refractivity contribution in [2.24, 2.45) is 5.73 Å². The zero-order chi connectivity index (χ0) is 13.5. The van der Waals surface area contributed by atoms with Gasteiger partial charge in [0.25, 0.3) is 0 Å². The van der Waals surface area contributed by atoms with Gasteiger partial charge in [0.15, 0.2) is 0 Å². The van der Waals surface area contributed by atoms with Crippen molar-refractivity contribution in [1.82, 2.24) is 4.90 Å². The summed E-state index contributed by atoms with van der Waals surface area (Å²) in [7, 11) is 0. The molecule has 0 fully saturated rings. The first-order chi connectivity index (χ1) is 8.60. The van der Waals surface area contributed by atoms with E-state index in [0.717, 1.165) is 6.54 Å². The topological polar surface area (TPSA) is 53.0 Å². The minimum Gasteiger partial charge on any atom is -0.329 e. The summed E-state index contributed by atoms with van der Waals surface area (Å²) in [5, 5.41) is 8.75. The van der Waals surface area contributed by atoms with Gasteiger partial charge >= 0.3 is 0 Å². The summed E-state index contributed by atoms with van der Waals surface area (Å²) in [4.78, 5) is 2.30. The number of nitriles is 1. The lowest BCUT2D eigenvalue weighted by Crippen LogP contribution is -2.39. The van der Waals surface area contributed by atoms with Gasteiger partial charge in [-0.1, -0.05) is 29.8 Å². The fraction of sp³-hybridized carbons (Fsp3) is 0.533. The van der Waals surface area contributed by atoms with E-state index in [9.17, 15) is 0 Å². The Morgan fingerprint density at radius 1 is 1.28 bits per heavy atom. The van der Waals surface area contributed by atoms with Gasteiger partial charge in [-0.15, -0.1) is 0 Å². The zero-order valence-corrected chi connectivity index (χ0v) is 11.6. The monoisotopic (exact) mass is 245 g/mol. The summed E-state index contributed by atoms with van der Waals surface area (Å²) in [5.41, 5.74) is 8.41. The minimum atomic E-state index is 0.193. The third-order valence-electron chi connectivity index (χ3n) is 3.23. The van der Waals surface area contributed by atoms with Crippen LogP contribution in [0.1, 0.15) is 37.4 Å². The van der Waals surface area contributed by atoms with E-state index in [2.05, 4.69) is 56.0 Å². The minimum absolute atomic E-state index is 0.193. The third-order valence-corrected chi connectivity index (χ3v) is 3.23. The predicted octanol–water partition coefficient (Wildman–Crippen LogP) is 2.62. The van der Waals surface area contributed by atoms with E-state index in [1.165, 1.54) is 11.1 Å². The summed E-state index contributed by atoms with van der Waals surface area (Å²) in [5.74, 6) is 0. The standard InChI is InChI=1S/C15H23N3/c1-12(2)18(10-4-9-16)15(11-17)14-7-5-13(3)6-8-14/h5-8,12,15H,4,10-11,17H2,1-3H3. The first-order valence-corrected chi connectivity index (χ1v) is 6.49. The molecule has 0 radical (unpaired) electrons. The van der Waals surface area contributed by atoms with Gasteiger partial charge in [-0.05, 0) is 26.3 Å². The maximum Gasteiger partial charge on any atom is 0.0635 e. The van der Waals surface area contributed by atoms with Crippen LogP contribution in [0.25, 0.3) is 0 Å². The zero-order valence-electron chi connectivity index (χ0n) is 11.6. The van der Waals surface area contributed by atoms with Gasteiger partial charge in [0.1, 0.15) is 0 Å². The van der Waals surface area contributed by atoms with Crippen molar-refractivity contribution in [3.8, 4) is 6.07 Å². The molecule has 0 aromatic heterocycles. The second-order valence-corrected chi connectivity index (χ2v) is 4.90. The molecule has 1 aromatic carbocycles. The lowest BCUT2D eigenvalue weighted by Gasteiger charge is -2.34. The number of benzene rings is 1. The highest BCUT2D eigenvalue weighted by molar-refractivity contribution is 5.24. The molecule has 1 rings (SSSR count). The molecule has 1 aromatic rings. The maximum atomic E-state index is 8.75. The number of hydrogen-bond acceptors (Lipinski definition) is 3. The first kappa shape index (κ1) is 14.7. The molecule has 1 unspecified atom stereocenters. The van der Waals surface area contributed by atoms with Crippen molar-refractivity contribution in [3.63, 3.8) is 0 Å². The van der Waals surface area contributed by atoms with Crippen molar-refractivity contribution < 1.29 is 0 Å². The summed E-state index contributed by atoms with van der Waals surface area (Å²) < 4.78 is 0. The highest BCUT2D eigenvalue weighted by Gasteiger charge is 2.21. The molecule has 0 amide bonds. The van der Waals surface area contributed by atoms with Crippen LogP contribution in [0, 0.1) is 18.3 Å². The van der Waals surface area contributed by atoms with Gasteiger partial charge in [-0.3, -0.25) is 4.90 Å². The second-order valence-electron chi connectivity index (χ2n) is 4.90. The molecule has 0 spiro atoms. The van der Waals surface area contributed by atoms with Gasteiger partial charge in [0.2, 0.25) is 0 Å². The molecule has 1 atom stereocenters. The molecule has 0 aliphatic rings. The number of hydrogen-bond donors (Lipinski definition) is 1. The van der Waals surface area contributed by atoms with Crippen LogP contribution in [0.3, 0.4) is 0 Å². The quantitative estimate of drug-likeness (QED) is 0.838. The molecule has 0 aliphatic heterocycles. The molecule has 0 saturated heterocycles. The molecule has 18 heavy (non-hydrogen) atoms. The van der Waals surface area contributed by atoms with E-state index >= 15 is 0 Å². The maximum absolute atomic E-state index is 8.75. The molecule has 2 N–H and O–H groups in total. The Kier molecular flexibility index (Phi) is 5.84. The summed E-state index contributed by atoms with van der Waals surface area (Å²) in [6.07, 6.45) is 0.542. The smallest absolute Gasteiger partial charge is 0.0635 e. The van der Waals surface area contributed by atoms with Crippen LogP contribution < -0.4 is 5.73 Å². The Morgan fingerprint density at radius 2 is 1.89 bits per heavy atom. The van der Waals surface area contributed by atoms with Crippen molar-refractivity contribution in [1.29, 1.82) is 5.26 Å². The Bertz CT molecular complexity index is 389. The van der Waals surface area contributed by atoms with E-state index < -0.39 is 0 Å². The molecular formula is C15H23N3. The van der Waals surface area contributed by atoms with Gasteiger partial charge in [0, 0.05) is 31.6 Å². The van der Waals surface area contributed by atoms with Crippen LogP contribution in [0.15, 0.2) is 24.3 Å². The van der Waals surface area contributed by atoms with Gasteiger partial charge in [0.05, 0.1) is 6.07 Å². The van der Waals surface area contributed by atoms with E-state index in [4.69, 9.17) is 11.0 Å². The van der Waals surface area contributed by atoms with Crippen molar-refractivity contribution >= 4 is 0 Å². The van der Waals surface area contributed by atoms with Crippen molar-refractivity contribution in [2.75, 3.05) is 13.1 Å². The van der Waals surface area contributed by atoms with Crippen LogP contribution >= 0.6 is 0 Å². The lowest BCUT2D eigenvalue weighted by molar-refractivity contribution is 0.161. The Morgan fingerprint density at radius 3 is 2.33 bits per heavy atom. The fourth-order valence-corrected chi connectivity index (χ4v) is 2.20. The average molecular weight is 245 g/mol. The van der Waals surface area contributed by atoms with E-state index in [-0.39, 0.29) is 6.04 Å². The van der Waals surface area contributed by atoms with Crippen molar-refractivity contribution in [2.45, 2.75) is 39.3 Å². The summed E-state index contributed by atoms with van der Waals surface area (Å²) >= 11 is 0. The summed E-state index contributed by atoms with van der Waals surface area (Å²) in [6, 6.07) is 11.3. The first-order valence-electron chi connectivity index (χ1n) is 6.49. The average Bonchev–Trinajstić information content (AvgIpc) is 2.35. The SMILES string of the molecule is Cc1ccc(C(CN)N(CCC#N)C(C)C)cc1. The number of nitrogens with two attached hydrogens (primary N) is 1. The van der Waals surface area contributed by atoms with Crippen LogP contribution in [0.5, 0.6) is 0 Å². The van der Waals surface area contributed by atoms with Gasteiger partial charge in [-0.2, -0.15) is 5.26 Å². The number of nitrogens with zero attached hydrogens (tertiary/aromatic N) is 2. The predicted molar refractivity (Wildman–Crippen MR) is 75.0 cm³/mol. The fourth-order valence-electron chi connectivity index (χ4n) is 2.20. The molecule has 98 valence electrons. The molecule has 0 saturated carbocycles. The van der Waals surface area contributed by atoms with Crippen LogP contribution in [0.2, 0.25) is 0 Å². The van der Waals surface area contributed by atoms with Crippen molar-refractivity contribution in [3.05, 3.63) is 35.4 Å². The van der Waals surface area contributed by atoms with Crippen LogP contribution in [0.4, 0.5) is 0 Å². The van der Waals surface area contributed by atoms with E-state index in [1.54, 1.807) is 0 Å². The largest absolute Gasteiger partial charge is 0.329 e. The molecule has 3 nitrogen and oxygen atoms in total.